The molecular weight excluding hydrogens is 361 g/mol. The van der Waals surface area contributed by atoms with E-state index in [9.17, 15) is 0 Å². The van der Waals surface area contributed by atoms with Gasteiger partial charge in [-0.05, 0) is 18.2 Å². The van der Waals surface area contributed by atoms with Crippen molar-refractivity contribution >= 4 is 40.8 Å². The summed E-state index contributed by atoms with van der Waals surface area (Å²) in [7, 11) is 0. The summed E-state index contributed by atoms with van der Waals surface area (Å²) in [6, 6.07) is 11.5. The zero-order valence-corrected chi connectivity index (χ0v) is 15.1. The van der Waals surface area contributed by atoms with Crippen LogP contribution >= 0.6 is 24.0 Å². The number of furan rings is 1. The van der Waals surface area contributed by atoms with Gasteiger partial charge in [0.2, 0.25) is 5.88 Å². The van der Waals surface area contributed by atoms with Crippen LogP contribution in [0.4, 0.5) is 5.82 Å². The number of hydrogen-bond acceptors (Lipinski definition) is 5. The number of ether oxygens (including phenoxy) is 1. The molecule has 3 heterocycles. The Kier molecular flexibility index (Phi) is 5.68. The molecule has 25 heavy (non-hydrogen) atoms. The number of fused-ring (bicyclic) bond motifs is 1. The van der Waals surface area contributed by atoms with E-state index in [1.807, 2.05) is 36.4 Å². The van der Waals surface area contributed by atoms with Crippen LogP contribution < -0.4 is 15.0 Å². The predicted molar refractivity (Wildman–Crippen MR) is 102 cm³/mol. The molecule has 0 amide bonds. The van der Waals surface area contributed by atoms with Crippen molar-refractivity contribution in [3.63, 3.8) is 0 Å². The first kappa shape index (κ1) is 17.9. The molecule has 1 fully saturated rings. The summed E-state index contributed by atoms with van der Waals surface area (Å²) >= 11 is 6.17. The molecule has 0 bridgehead atoms. The van der Waals surface area contributed by atoms with Crippen LogP contribution in [0.1, 0.15) is 5.56 Å². The monoisotopic (exact) mass is 379 g/mol. The van der Waals surface area contributed by atoms with Crippen molar-refractivity contribution in [1.82, 2.24) is 10.3 Å². The van der Waals surface area contributed by atoms with Crippen LogP contribution in [0.3, 0.4) is 0 Å². The molecule has 0 saturated carbocycles. The van der Waals surface area contributed by atoms with Crippen molar-refractivity contribution in [2.75, 3.05) is 31.1 Å². The molecule has 1 N–H and O–H groups in total. The smallest absolute Gasteiger partial charge is 0.215 e. The normalized spacial score (nSPS) is 14.4. The van der Waals surface area contributed by atoms with Gasteiger partial charge in [-0.1, -0.05) is 23.7 Å². The lowest BCUT2D eigenvalue weighted by Gasteiger charge is -2.28. The van der Waals surface area contributed by atoms with Gasteiger partial charge in [0.05, 0.1) is 11.3 Å². The van der Waals surface area contributed by atoms with Crippen molar-refractivity contribution in [3.05, 3.63) is 53.2 Å². The fraction of sp³-hybridized carbons (Fsp3) is 0.278. The Morgan fingerprint density at radius 1 is 1.16 bits per heavy atom. The van der Waals surface area contributed by atoms with Gasteiger partial charge in [-0.25, -0.2) is 0 Å². The molecule has 7 heteroatoms. The maximum Gasteiger partial charge on any atom is 0.215 e. The number of piperazine rings is 1. The van der Waals surface area contributed by atoms with Crippen LogP contribution in [0.15, 0.2) is 47.1 Å². The van der Waals surface area contributed by atoms with Gasteiger partial charge in [-0.2, -0.15) is 4.98 Å². The minimum absolute atomic E-state index is 0. The van der Waals surface area contributed by atoms with Crippen molar-refractivity contribution in [3.8, 4) is 5.88 Å². The van der Waals surface area contributed by atoms with Gasteiger partial charge < -0.3 is 19.4 Å². The van der Waals surface area contributed by atoms with Crippen molar-refractivity contribution in [1.29, 1.82) is 0 Å². The van der Waals surface area contributed by atoms with Gasteiger partial charge >= 0.3 is 0 Å². The van der Waals surface area contributed by atoms with Gasteiger partial charge in [0.25, 0.3) is 0 Å². The molecule has 1 aliphatic heterocycles. The number of nitrogens with zero attached hydrogens (tertiary/aromatic N) is 2. The zero-order valence-electron chi connectivity index (χ0n) is 13.6. The van der Waals surface area contributed by atoms with E-state index in [4.69, 9.17) is 20.8 Å². The lowest BCUT2D eigenvalue weighted by Crippen LogP contribution is -2.43. The van der Waals surface area contributed by atoms with Gasteiger partial charge in [-0.15, -0.1) is 12.4 Å². The Morgan fingerprint density at radius 3 is 2.84 bits per heavy atom. The van der Waals surface area contributed by atoms with Gasteiger partial charge in [0, 0.05) is 43.2 Å². The first-order chi connectivity index (χ1) is 11.8. The van der Waals surface area contributed by atoms with Gasteiger partial charge in [0.15, 0.2) is 0 Å². The number of rotatable bonds is 4. The number of benzene rings is 1. The third kappa shape index (κ3) is 3.84. The summed E-state index contributed by atoms with van der Waals surface area (Å²) in [5.74, 6) is 1.56. The molecule has 1 aliphatic rings. The second kappa shape index (κ2) is 7.95. The topological polar surface area (TPSA) is 50.5 Å². The fourth-order valence-electron chi connectivity index (χ4n) is 2.90. The molecule has 132 valence electrons. The number of halogens is 2. The molecule has 0 aliphatic carbocycles. The number of nitrogens with one attached hydrogen (secondary N) is 1. The molecule has 5 nitrogen and oxygen atoms in total. The van der Waals surface area contributed by atoms with Crippen LogP contribution in [0, 0.1) is 0 Å². The lowest BCUT2D eigenvalue weighted by atomic mass is 10.1. The van der Waals surface area contributed by atoms with Crippen LogP contribution in [0.2, 0.25) is 5.02 Å². The summed E-state index contributed by atoms with van der Waals surface area (Å²) in [5, 5.41) is 4.93. The van der Waals surface area contributed by atoms with E-state index < -0.39 is 0 Å². The standard InChI is InChI=1S/C18H18ClN3O2.ClH/c19-15-5-4-13(18-14(15)6-11-23-18)12-24-17-3-1-2-16(21-17)22-9-7-20-8-10-22;/h1-6,11,20H,7-10,12H2;1H. The highest BCUT2D eigenvalue weighted by Gasteiger charge is 2.13. The van der Waals surface area contributed by atoms with E-state index in [1.165, 1.54) is 0 Å². The number of pyridine rings is 1. The van der Waals surface area contributed by atoms with E-state index in [0.29, 0.717) is 17.5 Å². The minimum Gasteiger partial charge on any atom is -0.473 e. The molecule has 4 rings (SSSR count). The Bertz CT molecular complexity index is 847. The molecule has 0 atom stereocenters. The average Bonchev–Trinajstić information content (AvgIpc) is 3.13. The largest absolute Gasteiger partial charge is 0.473 e. The first-order valence-corrected chi connectivity index (χ1v) is 8.39. The highest BCUT2D eigenvalue weighted by molar-refractivity contribution is 6.35. The van der Waals surface area contributed by atoms with E-state index in [-0.39, 0.29) is 12.4 Å². The minimum atomic E-state index is 0. The molecule has 1 saturated heterocycles. The maximum atomic E-state index is 6.17. The van der Waals surface area contributed by atoms with E-state index in [1.54, 1.807) is 6.26 Å². The third-order valence-electron chi connectivity index (χ3n) is 4.17. The molecule has 0 spiro atoms. The molecule has 1 aromatic carbocycles. The second-order valence-electron chi connectivity index (χ2n) is 5.73. The van der Waals surface area contributed by atoms with E-state index >= 15 is 0 Å². The number of anilines is 1. The summed E-state index contributed by atoms with van der Waals surface area (Å²) < 4.78 is 11.4. The quantitative estimate of drug-likeness (QED) is 0.744. The van der Waals surface area contributed by atoms with Crippen LogP contribution in [-0.4, -0.2) is 31.2 Å². The lowest BCUT2D eigenvalue weighted by molar-refractivity contribution is 0.293. The number of hydrogen-bond donors (Lipinski definition) is 1. The summed E-state index contributed by atoms with van der Waals surface area (Å²) in [5.41, 5.74) is 1.72. The Balaban J connectivity index is 0.00000182. The van der Waals surface area contributed by atoms with Crippen molar-refractivity contribution in [2.24, 2.45) is 0 Å². The van der Waals surface area contributed by atoms with E-state index in [2.05, 4.69) is 15.2 Å². The Labute approximate surface area is 157 Å². The molecular formula is C18H19Cl2N3O2. The van der Waals surface area contributed by atoms with E-state index in [0.717, 1.165) is 48.5 Å². The Morgan fingerprint density at radius 2 is 2.00 bits per heavy atom. The molecule has 0 unspecified atom stereocenters. The second-order valence-corrected chi connectivity index (χ2v) is 6.14. The van der Waals surface area contributed by atoms with Crippen LogP contribution in [-0.2, 0) is 6.61 Å². The van der Waals surface area contributed by atoms with Crippen LogP contribution in [0.5, 0.6) is 5.88 Å². The van der Waals surface area contributed by atoms with Gasteiger partial charge in [0.1, 0.15) is 18.0 Å². The maximum absolute atomic E-state index is 6.17. The third-order valence-corrected chi connectivity index (χ3v) is 4.50. The zero-order chi connectivity index (χ0) is 16.4. The summed E-state index contributed by atoms with van der Waals surface area (Å²) in [6.07, 6.45) is 1.64. The van der Waals surface area contributed by atoms with Crippen molar-refractivity contribution < 1.29 is 9.15 Å². The Hall–Kier alpha value is -1.95. The predicted octanol–water partition coefficient (Wildman–Crippen LogP) is 3.89. The number of aromatic nitrogens is 1. The SMILES string of the molecule is Cl.Clc1ccc(COc2cccc(N3CCNCC3)n2)c2occc12. The van der Waals surface area contributed by atoms with Crippen LogP contribution in [0.25, 0.3) is 11.0 Å². The van der Waals surface area contributed by atoms with Gasteiger partial charge in [-0.3, -0.25) is 0 Å². The highest BCUT2D eigenvalue weighted by Crippen LogP contribution is 2.28. The van der Waals surface area contributed by atoms with Crippen molar-refractivity contribution in [2.45, 2.75) is 6.61 Å². The molecule has 3 aromatic rings. The average molecular weight is 380 g/mol. The summed E-state index contributed by atoms with van der Waals surface area (Å²) in [6.45, 7) is 4.27. The summed E-state index contributed by atoms with van der Waals surface area (Å²) in [4.78, 5) is 6.88. The molecule has 2 aromatic heterocycles. The highest BCUT2D eigenvalue weighted by atomic mass is 35.5. The first-order valence-electron chi connectivity index (χ1n) is 8.01. The fourth-order valence-corrected chi connectivity index (χ4v) is 3.12. The molecule has 0 radical (unpaired) electrons.